The number of aryl methyl sites for hydroxylation is 1. The zero-order valence-electron chi connectivity index (χ0n) is 11.1. The van der Waals surface area contributed by atoms with E-state index in [9.17, 15) is 10.1 Å². The molecule has 0 bridgehead atoms. The van der Waals surface area contributed by atoms with E-state index in [2.05, 4.69) is 16.7 Å². The summed E-state index contributed by atoms with van der Waals surface area (Å²) in [5.74, 6) is 0. The Labute approximate surface area is 115 Å². The van der Waals surface area contributed by atoms with Gasteiger partial charge in [-0.3, -0.25) is 14.8 Å². The molecule has 0 aliphatic carbocycles. The highest BCUT2D eigenvalue weighted by Crippen LogP contribution is 2.28. The molecule has 20 heavy (non-hydrogen) atoms. The maximum absolute atomic E-state index is 11.0. The van der Waals surface area contributed by atoms with E-state index in [-0.39, 0.29) is 11.7 Å². The van der Waals surface area contributed by atoms with Crippen LogP contribution in [0.5, 0.6) is 0 Å². The molecule has 7 heteroatoms. The molecule has 0 aliphatic rings. The summed E-state index contributed by atoms with van der Waals surface area (Å²) in [5.41, 5.74) is 7.41. The van der Waals surface area contributed by atoms with Crippen molar-refractivity contribution < 1.29 is 4.92 Å². The van der Waals surface area contributed by atoms with Crippen LogP contribution in [0.1, 0.15) is 18.2 Å². The lowest BCUT2D eigenvalue weighted by molar-refractivity contribution is -0.384. The molecule has 1 atom stereocenters. The minimum Gasteiger partial charge on any atom is -0.322 e. The number of hydrogen-bond donors (Lipinski definition) is 1. The second kappa shape index (κ2) is 5.62. The third-order valence-corrected chi connectivity index (χ3v) is 2.93. The quantitative estimate of drug-likeness (QED) is 0.510. The molecule has 2 rings (SSSR count). The average Bonchev–Trinajstić information content (AvgIpc) is 2.81. The molecular weight excluding hydrogens is 258 g/mol. The van der Waals surface area contributed by atoms with E-state index in [0.29, 0.717) is 23.5 Å². The van der Waals surface area contributed by atoms with Gasteiger partial charge in [0.25, 0.3) is 0 Å². The van der Waals surface area contributed by atoms with Crippen LogP contribution in [0.4, 0.5) is 5.69 Å². The molecule has 104 valence electrons. The first kappa shape index (κ1) is 13.9. The van der Waals surface area contributed by atoms with E-state index in [0.717, 1.165) is 0 Å². The van der Waals surface area contributed by atoms with Crippen LogP contribution in [-0.4, -0.2) is 19.7 Å². The van der Waals surface area contributed by atoms with Crippen LogP contribution < -0.4 is 5.73 Å². The Balaban J connectivity index is 2.48. The Morgan fingerprint density at radius 1 is 1.60 bits per heavy atom. The van der Waals surface area contributed by atoms with Crippen molar-refractivity contribution in [2.75, 3.05) is 0 Å². The third kappa shape index (κ3) is 2.57. The van der Waals surface area contributed by atoms with E-state index in [1.165, 1.54) is 10.9 Å². The zero-order chi connectivity index (χ0) is 14.7. The number of pyridine rings is 1. The Morgan fingerprint density at radius 3 is 3.00 bits per heavy atom. The number of aromatic nitrogens is 3. The van der Waals surface area contributed by atoms with Gasteiger partial charge in [-0.2, -0.15) is 5.10 Å². The predicted octanol–water partition coefficient (Wildman–Crippen LogP) is 1.97. The Hall–Kier alpha value is -2.54. The van der Waals surface area contributed by atoms with Gasteiger partial charge in [-0.05, 0) is 18.6 Å². The van der Waals surface area contributed by atoms with Crippen LogP contribution in [0.15, 0.2) is 37.1 Å². The highest BCUT2D eigenvalue weighted by atomic mass is 16.6. The fourth-order valence-corrected chi connectivity index (χ4v) is 1.95. The fraction of sp³-hybridized carbons (Fsp3) is 0.231. The lowest BCUT2D eigenvalue weighted by atomic mass is 10.1. The molecule has 7 nitrogen and oxygen atoms in total. The summed E-state index contributed by atoms with van der Waals surface area (Å²) in [7, 11) is 1.64. The minimum atomic E-state index is -0.472. The van der Waals surface area contributed by atoms with Crippen LogP contribution in [0.2, 0.25) is 0 Å². The molecule has 0 saturated carbocycles. The summed E-state index contributed by atoms with van der Waals surface area (Å²) >= 11 is 0. The van der Waals surface area contributed by atoms with Gasteiger partial charge in [0.05, 0.1) is 22.4 Å². The average molecular weight is 273 g/mol. The van der Waals surface area contributed by atoms with E-state index in [1.54, 1.807) is 31.3 Å². The molecule has 2 aromatic rings. The largest absolute Gasteiger partial charge is 0.322 e. The predicted molar refractivity (Wildman–Crippen MR) is 74.8 cm³/mol. The number of nitrogens with zero attached hydrogens (tertiary/aromatic N) is 4. The standard InChI is InChI=1S/C13H15N5O2/c1-3-5-9(14)10-6-4-7-11(16-10)13-12(18(19)20)8-15-17(13)2/h3-4,6-9H,1,5,14H2,2H3. The third-order valence-electron chi connectivity index (χ3n) is 2.93. The van der Waals surface area contributed by atoms with E-state index < -0.39 is 4.92 Å². The molecule has 1 unspecified atom stereocenters. The summed E-state index contributed by atoms with van der Waals surface area (Å²) in [6.07, 6.45) is 3.52. The van der Waals surface area contributed by atoms with Gasteiger partial charge < -0.3 is 5.73 Å². The molecule has 2 aromatic heterocycles. The van der Waals surface area contributed by atoms with Crippen LogP contribution in [0.3, 0.4) is 0 Å². The lowest BCUT2D eigenvalue weighted by Gasteiger charge is -2.10. The van der Waals surface area contributed by atoms with E-state index in [1.807, 2.05) is 0 Å². The van der Waals surface area contributed by atoms with Gasteiger partial charge in [0, 0.05) is 7.05 Å². The second-order valence-corrected chi connectivity index (χ2v) is 4.34. The van der Waals surface area contributed by atoms with Gasteiger partial charge in [-0.25, -0.2) is 4.98 Å². The molecule has 0 spiro atoms. The normalized spacial score (nSPS) is 12.1. The smallest absolute Gasteiger partial charge is 0.316 e. The topological polar surface area (TPSA) is 99.9 Å². The van der Waals surface area contributed by atoms with Crippen molar-refractivity contribution in [2.24, 2.45) is 12.8 Å². The molecule has 2 N–H and O–H groups in total. The van der Waals surface area contributed by atoms with Crippen LogP contribution in [0, 0.1) is 10.1 Å². The van der Waals surface area contributed by atoms with E-state index in [4.69, 9.17) is 5.73 Å². The molecule has 0 radical (unpaired) electrons. The van der Waals surface area contributed by atoms with Crippen LogP contribution in [-0.2, 0) is 7.05 Å². The summed E-state index contributed by atoms with van der Waals surface area (Å²) in [5, 5.41) is 14.9. The van der Waals surface area contributed by atoms with Crippen molar-refractivity contribution in [1.29, 1.82) is 0 Å². The molecule has 0 fully saturated rings. The fourth-order valence-electron chi connectivity index (χ4n) is 1.95. The summed E-state index contributed by atoms with van der Waals surface area (Å²) in [6, 6.07) is 4.99. The van der Waals surface area contributed by atoms with Gasteiger partial charge in [-0.1, -0.05) is 12.1 Å². The zero-order valence-corrected chi connectivity index (χ0v) is 11.1. The second-order valence-electron chi connectivity index (χ2n) is 4.34. The first-order valence-corrected chi connectivity index (χ1v) is 6.04. The van der Waals surface area contributed by atoms with Crippen molar-refractivity contribution >= 4 is 5.69 Å². The number of rotatable bonds is 5. The summed E-state index contributed by atoms with van der Waals surface area (Å²) < 4.78 is 1.43. The maximum atomic E-state index is 11.0. The SMILES string of the molecule is C=CCC(N)c1cccc(-c2c([N+](=O)[O-])cnn2C)n1. The molecule has 0 saturated heterocycles. The first-order chi connectivity index (χ1) is 9.54. The Kier molecular flexibility index (Phi) is 3.90. The lowest BCUT2D eigenvalue weighted by Crippen LogP contribution is -2.11. The van der Waals surface area contributed by atoms with Gasteiger partial charge in [0.1, 0.15) is 6.20 Å². The number of nitrogens with two attached hydrogens (primary N) is 1. The number of nitro groups is 1. The monoisotopic (exact) mass is 273 g/mol. The van der Waals surface area contributed by atoms with Crippen LogP contribution >= 0.6 is 0 Å². The molecule has 0 amide bonds. The summed E-state index contributed by atoms with van der Waals surface area (Å²) in [4.78, 5) is 14.9. The Morgan fingerprint density at radius 2 is 2.35 bits per heavy atom. The van der Waals surface area contributed by atoms with E-state index >= 15 is 0 Å². The van der Waals surface area contributed by atoms with Crippen molar-refractivity contribution in [3.63, 3.8) is 0 Å². The van der Waals surface area contributed by atoms with Crippen molar-refractivity contribution in [2.45, 2.75) is 12.5 Å². The molecule has 2 heterocycles. The van der Waals surface area contributed by atoms with Gasteiger partial charge in [-0.15, -0.1) is 6.58 Å². The molecular formula is C13H15N5O2. The highest BCUT2D eigenvalue weighted by Gasteiger charge is 2.22. The maximum Gasteiger partial charge on any atom is 0.316 e. The van der Waals surface area contributed by atoms with Gasteiger partial charge >= 0.3 is 5.69 Å². The minimum absolute atomic E-state index is 0.0746. The van der Waals surface area contributed by atoms with Gasteiger partial charge in [0.15, 0.2) is 5.69 Å². The van der Waals surface area contributed by atoms with Crippen molar-refractivity contribution in [1.82, 2.24) is 14.8 Å². The summed E-state index contributed by atoms with van der Waals surface area (Å²) in [6.45, 7) is 3.64. The first-order valence-electron chi connectivity index (χ1n) is 6.04. The number of hydrogen-bond acceptors (Lipinski definition) is 5. The van der Waals surface area contributed by atoms with Crippen molar-refractivity contribution in [3.8, 4) is 11.4 Å². The van der Waals surface area contributed by atoms with Gasteiger partial charge in [0.2, 0.25) is 0 Å². The Bertz CT molecular complexity index is 650. The highest BCUT2D eigenvalue weighted by molar-refractivity contribution is 5.66. The molecule has 0 aliphatic heterocycles. The van der Waals surface area contributed by atoms with Crippen LogP contribution in [0.25, 0.3) is 11.4 Å². The van der Waals surface area contributed by atoms with Crippen molar-refractivity contribution in [3.05, 3.63) is 52.9 Å². The molecule has 0 aromatic carbocycles.